The van der Waals surface area contributed by atoms with Crippen LogP contribution in [0.15, 0.2) is 53.4 Å². The summed E-state index contributed by atoms with van der Waals surface area (Å²) in [4.78, 5) is 11.8. The van der Waals surface area contributed by atoms with Crippen molar-refractivity contribution in [2.75, 3.05) is 13.1 Å². The third-order valence-electron chi connectivity index (χ3n) is 3.30. The van der Waals surface area contributed by atoms with Crippen molar-refractivity contribution < 1.29 is 26.4 Å². The maximum Gasteiger partial charge on any atom is 0.416 e. The van der Waals surface area contributed by atoms with Crippen LogP contribution in [0.4, 0.5) is 13.2 Å². The number of alkyl halides is 3. The molecule has 0 spiro atoms. The average molecular weight is 407 g/mol. The molecule has 0 saturated carbocycles. The molecule has 0 unspecified atom stereocenters. The summed E-state index contributed by atoms with van der Waals surface area (Å²) in [5, 5.41) is 2.48. The predicted molar refractivity (Wildman–Crippen MR) is 90.4 cm³/mol. The Morgan fingerprint density at radius 3 is 2.19 bits per heavy atom. The third kappa shape index (κ3) is 5.20. The van der Waals surface area contributed by atoms with E-state index in [2.05, 4.69) is 10.0 Å². The standard InChI is InChI=1S/C16H14ClF3N2O3S/c17-13-3-1-2-4-14(13)26(24,25)22-10-9-21-15(23)11-5-7-12(8-6-11)16(18,19)20/h1-8,22H,9-10H2,(H,21,23). The molecule has 26 heavy (non-hydrogen) atoms. The van der Waals surface area contributed by atoms with Crippen LogP contribution in [0, 0.1) is 0 Å². The van der Waals surface area contributed by atoms with Crippen LogP contribution in [0.25, 0.3) is 0 Å². The van der Waals surface area contributed by atoms with Gasteiger partial charge in [-0.05, 0) is 36.4 Å². The van der Waals surface area contributed by atoms with Gasteiger partial charge in [-0.3, -0.25) is 4.79 Å². The fourth-order valence-corrected chi connectivity index (χ4v) is 3.56. The molecule has 140 valence electrons. The molecule has 5 nitrogen and oxygen atoms in total. The highest BCUT2D eigenvalue weighted by atomic mass is 35.5. The van der Waals surface area contributed by atoms with Crippen LogP contribution in [0.2, 0.25) is 5.02 Å². The molecule has 0 aliphatic heterocycles. The molecule has 10 heteroatoms. The first-order chi connectivity index (χ1) is 12.1. The Hall–Kier alpha value is -2.10. The molecule has 1 amide bonds. The van der Waals surface area contributed by atoms with E-state index in [1.165, 1.54) is 18.2 Å². The average Bonchev–Trinajstić information content (AvgIpc) is 2.58. The molecular weight excluding hydrogens is 393 g/mol. The monoisotopic (exact) mass is 406 g/mol. The van der Waals surface area contributed by atoms with Gasteiger partial charge in [-0.2, -0.15) is 13.2 Å². The van der Waals surface area contributed by atoms with E-state index >= 15 is 0 Å². The lowest BCUT2D eigenvalue weighted by atomic mass is 10.1. The van der Waals surface area contributed by atoms with Crippen LogP contribution >= 0.6 is 11.6 Å². The minimum atomic E-state index is -4.48. The zero-order valence-corrected chi connectivity index (χ0v) is 14.8. The second-order valence-corrected chi connectivity index (χ2v) is 7.30. The number of carbonyl (C=O) groups excluding carboxylic acids is 1. The normalized spacial score (nSPS) is 12.0. The molecule has 0 atom stereocenters. The molecule has 0 aromatic heterocycles. The minimum absolute atomic E-state index is 0.0342. The van der Waals surface area contributed by atoms with E-state index in [1.807, 2.05) is 0 Å². The molecule has 0 aliphatic rings. The van der Waals surface area contributed by atoms with E-state index < -0.39 is 27.7 Å². The van der Waals surface area contributed by atoms with Gasteiger partial charge < -0.3 is 5.32 Å². The Labute approximate surface area is 153 Å². The quantitative estimate of drug-likeness (QED) is 0.724. The van der Waals surface area contributed by atoms with E-state index in [1.54, 1.807) is 6.07 Å². The highest BCUT2D eigenvalue weighted by molar-refractivity contribution is 7.89. The summed E-state index contributed by atoms with van der Waals surface area (Å²) in [7, 11) is -3.83. The van der Waals surface area contributed by atoms with Crippen molar-refractivity contribution in [1.82, 2.24) is 10.0 Å². The van der Waals surface area contributed by atoms with Crippen molar-refractivity contribution in [3.63, 3.8) is 0 Å². The maximum absolute atomic E-state index is 12.5. The number of halogens is 4. The summed E-state index contributed by atoms with van der Waals surface area (Å²) < 4.78 is 63.9. The summed E-state index contributed by atoms with van der Waals surface area (Å²) in [6.45, 7) is -0.163. The van der Waals surface area contributed by atoms with E-state index in [0.717, 1.165) is 24.3 Å². The lowest BCUT2D eigenvalue weighted by Crippen LogP contribution is -2.34. The Kier molecular flexibility index (Phi) is 6.27. The lowest BCUT2D eigenvalue weighted by molar-refractivity contribution is -0.137. The molecule has 0 heterocycles. The van der Waals surface area contributed by atoms with Crippen LogP contribution < -0.4 is 10.0 Å². The van der Waals surface area contributed by atoms with Gasteiger partial charge in [-0.1, -0.05) is 23.7 Å². The number of carbonyl (C=O) groups is 1. The highest BCUT2D eigenvalue weighted by Gasteiger charge is 2.30. The SMILES string of the molecule is O=C(NCCNS(=O)(=O)c1ccccc1Cl)c1ccc(C(F)(F)F)cc1. The first kappa shape index (κ1) is 20.2. The van der Waals surface area contributed by atoms with Gasteiger partial charge in [0.2, 0.25) is 10.0 Å². The second-order valence-electron chi connectivity index (χ2n) is 5.16. The Balaban J connectivity index is 1.88. The van der Waals surface area contributed by atoms with Gasteiger partial charge in [-0.15, -0.1) is 0 Å². The van der Waals surface area contributed by atoms with Crippen LogP contribution in [0.1, 0.15) is 15.9 Å². The molecule has 0 fully saturated rings. The summed E-state index contributed by atoms with van der Waals surface area (Å²) in [6.07, 6.45) is -4.48. The van der Waals surface area contributed by atoms with Gasteiger partial charge in [0.25, 0.3) is 5.91 Å². The van der Waals surface area contributed by atoms with Crippen LogP contribution in [-0.2, 0) is 16.2 Å². The third-order valence-corrected chi connectivity index (χ3v) is 5.26. The zero-order chi connectivity index (χ0) is 19.4. The van der Waals surface area contributed by atoms with E-state index in [9.17, 15) is 26.4 Å². The Morgan fingerprint density at radius 1 is 1.00 bits per heavy atom. The number of amides is 1. The molecule has 0 radical (unpaired) electrons. The van der Waals surface area contributed by atoms with Gasteiger partial charge in [0.1, 0.15) is 4.90 Å². The number of nitrogens with one attached hydrogen (secondary N) is 2. The van der Waals surface area contributed by atoms with E-state index in [-0.39, 0.29) is 28.6 Å². The maximum atomic E-state index is 12.5. The van der Waals surface area contributed by atoms with E-state index in [0.29, 0.717) is 0 Å². The Morgan fingerprint density at radius 2 is 1.62 bits per heavy atom. The Bertz CT molecular complexity index is 884. The number of hydrogen-bond acceptors (Lipinski definition) is 3. The highest BCUT2D eigenvalue weighted by Crippen LogP contribution is 2.29. The number of benzene rings is 2. The second kappa shape index (κ2) is 8.07. The van der Waals surface area contributed by atoms with Crippen molar-refractivity contribution in [2.45, 2.75) is 11.1 Å². The van der Waals surface area contributed by atoms with Gasteiger partial charge >= 0.3 is 6.18 Å². The number of rotatable bonds is 6. The number of hydrogen-bond donors (Lipinski definition) is 2. The van der Waals surface area contributed by atoms with Gasteiger partial charge in [0.05, 0.1) is 10.6 Å². The minimum Gasteiger partial charge on any atom is -0.351 e. The molecule has 0 bridgehead atoms. The first-order valence-electron chi connectivity index (χ1n) is 7.31. The van der Waals surface area contributed by atoms with Crippen LogP contribution in [-0.4, -0.2) is 27.4 Å². The summed E-state index contributed by atoms with van der Waals surface area (Å²) >= 11 is 5.83. The molecule has 2 aromatic rings. The van der Waals surface area contributed by atoms with Crippen molar-refractivity contribution in [2.24, 2.45) is 0 Å². The van der Waals surface area contributed by atoms with Gasteiger partial charge in [-0.25, -0.2) is 13.1 Å². The van der Waals surface area contributed by atoms with Gasteiger partial charge in [0, 0.05) is 18.7 Å². The summed E-state index contributed by atoms with van der Waals surface area (Å²) in [5.41, 5.74) is -0.825. The number of sulfonamides is 1. The predicted octanol–water partition coefficient (Wildman–Crippen LogP) is 3.07. The summed E-state index contributed by atoms with van der Waals surface area (Å²) in [5.74, 6) is -0.615. The van der Waals surface area contributed by atoms with Crippen LogP contribution in [0.5, 0.6) is 0 Å². The molecule has 2 N–H and O–H groups in total. The molecule has 0 aliphatic carbocycles. The molecule has 2 aromatic carbocycles. The lowest BCUT2D eigenvalue weighted by Gasteiger charge is -2.10. The molecular formula is C16H14ClF3N2O3S. The first-order valence-corrected chi connectivity index (χ1v) is 9.17. The van der Waals surface area contributed by atoms with Crippen molar-refractivity contribution in [3.8, 4) is 0 Å². The molecule has 2 rings (SSSR count). The topological polar surface area (TPSA) is 75.3 Å². The smallest absolute Gasteiger partial charge is 0.351 e. The largest absolute Gasteiger partial charge is 0.416 e. The summed E-state index contributed by atoms with van der Waals surface area (Å²) in [6, 6.07) is 9.58. The fourth-order valence-electron chi connectivity index (χ4n) is 2.01. The van der Waals surface area contributed by atoms with E-state index in [4.69, 9.17) is 11.6 Å². The van der Waals surface area contributed by atoms with Gasteiger partial charge in [0.15, 0.2) is 0 Å². The fraction of sp³-hybridized carbons (Fsp3) is 0.188. The van der Waals surface area contributed by atoms with Crippen molar-refractivity contribution >= 4 is 27.5 Å². The zero-order valence-electron chi connectivity index (χ0n) is 13.2. The van der Waals surface area contributed by atoms with Crippen molar-refractivity contribution in [1.29, 1.82) is 0 Å². The molecule has 0 saturated heterocycles. The van der Waals surface area contributed by atoms with Crippen LogP contribution in [0.3, 0.4) is 0 Å². The van der Waals surface area contributed by atoms with Crippen molar-refractivity contribution in [3.05, 3.63) is 64.7 Å².